The number of halogens is 1. The molecule has 1 aliphatic carbocycles. The number of esters is 1. The van der Waals surface area contributed by atoms with E-state index in [0.717, 1.165) is 12.1 Å². The Morgan fingerprint density at radius 3 is 2.53 bits per heavy atom. The fourth-order valence-corrected chi connectivity index (χ4v) is 5.63. The summed E-state index contributed by atoms with van der Waals surface area (Å²) in [7, 11) is 0. The number of nitrogens with two attached hydrogens (primary N) is 1. The maximum absolute atomic E-state index is 14.3. The van der Waals surface area contributed by atoms with Crippen molar-refractivity contribution < 1.29 is 43.6 Å². The Morgan fingerprint density at radius 1 is 1.26 bits per heavy atom. The molecule has 0 aromatic heterocycles. The number of anilines is 1. The fraction of sp³-hybridized carbons (Fsp3) is 0.423. The molecule has 0 bridgehead atoms. The van der Waals surface area contributed by atoms with Gasteiger partial charge in [-0.15, -0.1) is 0 Å². The molecule has 11 nitrogen and oxygen atoms in total. The van der Waals surface area contributed by atoms with Gasteiger partial charge in [-0.1, -0.05) is 12.1 Å². The lowest BCUT2D eigenvalue weighted by atomic mass is 9.74. The van der Waals surface area contributed by atoms with E-state index in [9.17, 15) is 34.1 Å². The summed E-state index contributed by atoms with van der Waals surface area (Å²) in [5.41, 5.74) is 0.442. The number of hydrogen-bond acceptors (Lipinski definition) is 10. The van der Waals surface area contributed by atoms with Gasteiger partial charge in [0.05, 0.1) is 12.1 Å². The zero-order valence-corrected chi connectivity index (χ0v) is 21.2. The first-order chi connectivity index (χ1) is 17.7. The smallest absolute Gasteiger partial charge is 0.408 e. The topological polar surface area (TPSA) is 180 Å². The van der Waals surface area contributed by atoms with Gasteiger partial charge in [0.2, 0.25) is 0 Å². The number of aliphatic hydroxyl groups is 2. The molecule has 4 rings (SSSR count). The second-order valence-corrected chi connectivity index (χ2v) is 10.0. The number of carbonyl (C=O) groups is 3. The molecule has 1 saturated heterocycles. The van der Waals surface area contributed by atoms with Crippen LogP contribution in [0.5, 0.6) is 5.75 Å². The van der Waals surface area contributed by atoms with Crippen LogP contribution in [0.4, 0.5) is 14.9 Å². The van der Waals surface area contributed by atoms with Crippen molar-refractivity contribution in [1.82, 2.24) is 5.32 Å². The van der Waals surface area contributed by atoms with Gasteiger partial charge in [-0.3, -0.25) is 4.79 Å². The Hall–Kier alpha value is -3.74. The molecule has 1 amide bonds. The first-order valence-electron chi connectivity index (χ1n) is 11.9. The Kier molecular flexibility index (Phi) is 6.63. The molecule has 1 heterocycles. The third-order valence-corrected chi connectivity index (χ3v) is 7.79. The fourth-order valence-electron chi connectivity index (χ4n) is 5.63. The summed E-state index contributed by atoms with van der Waals surface area (Å²) >= 11 is 0. The van der Waals surface area contributed by atoms with Crippen LogP contribution in [-0.2, 0) is 9.47 Å². The van der Waals surface area contributed by atoms with Gasteiger partial charge in [-0.25, -0.2) is 14.0 Å². The van der Waals surface area contributed by atoms with Crippen LogP contribution in [-0.4, -0.2) is 74.7 Å². The number of ketones is 1. The number of ether oxygens (including phenoxy) is 2. The Labute approximate surface area is 217 Å². The van der Waals surface area contributed by atoms with Crippen LogP contribution in [0.15, 0.2) is 36.4 Å². The average molecular weight is 532 g/mol. The van der Waals surface area contributed by atoms with Gasteiger partial charge in [0.25, 0.3) is 0 Å². The second-order valence-electron chi connectivity index (χ2n) is 10.0. The maximum Gasteiger partial charge on any atom is 0.408 e. The summed E-state index contributed by atoms with van der Waals surface area (Å²) in [6, 6.07) is 5.19. The highest BCUT2D eigenvalue weighted by Gasteiger charge is 2.78. The van der Waals surface area contributed by atoms with E-state index in [2.05, 4.69) is 10.6 Å². The highest BCUT2D eigenvalue weighted by atomic mass is 19.1. The number of amides is 1. The molecule has 0 radical (unpaired) electrons. The van der Waals surface area contributed by atoms with Crippen LogP contribution in [0.25, 0.3) is 0 Å². The molecule has 2 aromatic rings. The third kappa shape index (κ3) is 3.96. The maximum atomic E-state index is 14.3. The van der Waals surface area contributed by atoms with E-state index < -0.39 is 65.2 Å². The summed E-state index contributed by atoms with van der Waals surface area (Å²) in [6.07, 6.45) is -1.93. The molecule has 2 fully saturated rings. The number of cyclic esters (lactones) is 1. The lowest BCUT2D eigenvalue weighted by Gasteiger charge is -2.44. The van der Waals surface area contributed by atoms with Crippen molar-refractivity contribution in [3.05, 3.63) is 58.9 Å². The molecule has 1 aliphatic heterocycles. The van der Waals surface area contributed by atoms with Crippen LogP contribution in [0.2, 0.25) is 0 Å². The zero-order valence-electron chi connectivity index (χ0n) is 21.2. The molecule has 1 saturated carbocycles. The number of phenols is 1. The minimum Gasteiger partial charge on any atom is -0.507 e. The van der Waals surface area contributed by atoms with Gasteiger partial charge in [-0.05, 0) is 57.5 Å². The van der Waals surface area contributed by atoms with Crippen molar-refractivity contribution >= 4 is 23.5 Å². The highest BCUT2D eigenvalue weighted by Crippen LogP contribution is 2.51. The number of rotatable bonds is 6. The van der Waals surface area contributed by atoms with Gasteiger partial charge in [0, 0.05) is 11.3 Å². The summed E-state index contributed by atoms with van der Waals surface area (Å²) in [5.74, 6) is -2.49. The van der Waals surface area contributed by atoms with Gasteiger partial charge >= 0.3 is 12.1 Å². The number of benzene rings is 2. The SMILES string of the molecule is CC(=O)c1cc(F)cc(N[C@H]2C(N)[C@]3(NC(=O)O[C@H]3C)[C@@](C)(O)[C@@]2(O)COC(=O)c2c(C)cccc2O)c1. The number of nitrogens with one attached hydrogen (secondary N) is 2. The second kappa shape index (κ2) is 9.22. The van der Waals surface area contributed by atoms with E-state index in [1.165, 1.54) is 39.0 Å². The molecule has 7 N–H and O–H groups in total. The van der Waals surface area contributed by atoms with Crippen molar-refractivity contribution in [2.24, 2.45) is 5.73 Å². The summed E-state index contributed by atoms with van der Waals surface area (Å²) in [6.45, 7) is 4.67. The van der Waals surface area contributed by atoms with E-state index in [1.807, 2.05) is 0 Å². The van der Waals surface area contributed by atoms with Crippen molar-refractivity contribution in [1.29, 1.82) is 0 Å². The van der Waals surface area contributed by atoms with Crippen LogP contribution in [0, 0.1) is 12.7 Å². The van der Waals surface area contributed by atoms with E-state index in [1.54, 1.807) is 13.0 Å². The first-order valence-corrected chi connectivity index (χ1v) is 11.9. The van der Waals surface area contributed by atoms with Crippen molar-refractivity contribution in [2.45, 2.75) is 62.6 Å². The minimum atomic E-state index is -2.40. The van der Waals surface area contributed by atoms with Gasteiger partial charge < -0.3 is 41.2 Å². The van der Waals surface area contributed by atoms with E-state index in [-0.39, 0.29) is 22.6 Å². The molecular weight excluding hydrogens is 501 g/mol. The number of aromatic hydroxyl groups is 1. The third-order valence-electron chi connectivity index (χ3n) is 7.79. The summed E-state index contributed by atoms with van der Waals surface area (Å²) < 4.78 is 24.9. The van der Waals surface area contributed by atoms with Crippen molar-refractivity contribution in [3.63, 3.8) is 0 Å². The van der Waals surface area contributed by atoms with E-state index >= 15 is 0 Å². The lowest BCUT2D eigenvalue weighted by molar-refractivity contribution is -0.177. The molecule has 1 spiro atoms. The van der Waals surface area contributed by atoms with E-state index in [0.29, 0.717) is 5.56 Å². The molecule has 38 heavy (non-hydrogen) atoms. The quantitative estimate of drug-likeness (QED) is 0.235. The summed E-state index contributed by atoms with van der Waals surface area (Å²) in [4.78, 5) is 37.0. The Bertz CT molecular complexity index is 1300. The van der Waals surface area contributed by atoms with Gasteiger partial charge in [0.15, 0.2) is 11.4 Å². The minimum absolute atomic E-state index is 0.0383. The molecule has 12 heteroatoms. The number of aryl methyl sites for hydroxylation is 1. The predicted molar refractivity (Wildman–Crippen MR) is 132 cm³/mol. The van der Waals surface area contributed by atoms with Gasteiger partial charge in [0.1, 0.15) is 41.0 Å². The number of Topliss-reactive ketones (excluding diaryl/α,β-unsaturated/α-hetero) is 1. The normalized spacial score (nSPS) is 32.1. The number of alkyl carbamates (subject to hydrolysis) is 1. The zero-order chi connectivity index (χ0) is 28.2. The molecule has 2 aromatic carbocycles. The first kappa shape index (κ1) is 27.3. The molecule has 204 valence electrons. The van der Waals surface area contributed by atoms with Crippen LogP contribution in [0.1, 0.15) is 47.1 Å². The van der Waals surface area contributed by atoms with Crippen LogP contribution in [0.3, 0.4) is 0 Å². The molecule has 6 atom stereocenters. The molecule has 1 unspecified atom stereocenters. The van der Waals surface area contributed by atoms with Gasteiger partial charge in [-0.2, -0.15) is 0 Å². The standard InChI is InChI=1S/C26H30FN3O8/c1-12-6-5-7-18(32)19(12)22(33)37-11-25(36)21(29-17-9-15(13(2)31)8-16(27)10-17)20(28)26(24(25,4)35)14(3)38-23(34)30-26/h5-10,14,20-21,29,32,35-36H,11,28H2,1-4H3,(H,30,34)/t14-,20?,21-,24-,25+,26-/m0/s1. The van der Waals surface area contributed by atoms with Crippen LogP contribution >= 0.6 is 0 Å². The monoisotopic (exact) mass is 531 g/mol. The number of carbonyl (C=O) groups excluding carboxylic acids is 3. The predicted octanol–water partition coefficient (Wildman–Crippen LogP) is 1.37. The Morgan fingerprint density at radius 2 is 1.95 bits per heavy atom. The van der Waals surface area contributed by atoms with Crippen molar-refractivity contribution in [2.75, 3.05) is 11.9 Å². The molecular formula is C26H30FN3O8. The average Bonchev–Trinajstić information content (AvgIpc) is 3.19. The van der Waals surface area contributed by atoms with Crippen molar-refractivity contribution in [3.8, 4) is 5.75 Å². The van der Waals surface area contributed by atoms with E-state index in [4.69, 9.17) is 15.2 Å². The molecule has 2 aliphatic rings. The number of hydrogen-bond donors (Lipinski definition) is 6. The highest BCUT2D eigenvalue weighted by molar-refractivity contribution is 5.95. The van der Waals surface area contributed by atoms with Crippen LogP contribution < -0.4 is 16.4 Å². The Balaban J connectivity index is 1.77. The number of phenolic OH excluding ortho intramolecular Hbond substituents is 1. The largest absolute Gasteiger partial charge is 0.507 e. The summed E-state index contributed by atoms with van der Waals surface area (Å²) in [5, 5.41) is 39.4. The lowest BCUT2D eigenvalue weighted by Crippen LogP contribution is -2.72.